The molecular weight excluding hydrogens is 300 g/mol. The quantitative estimate of drug-likeness (QED) is 0.620. The standard InChI is InChI=1S/C16H27BrN2/c17-15-11-9-14(10-12-15)16(19)8-6-4-2-1-3-5-7-13-18/h9-12,16H,1-8,13,18-19H2. The molecule has 0 heterocycles. The summed E-state index contributed by atoms with van der Waals surface area (Å²) < 4.78 is 1.11. The molecular formula is C16H27BrN2. The van der Waals surface area contributed by atoms with Crippen LogP contribution < -0.4 is 11.5 Å². The Morgan fingerprint density at radius 3 is 1.95 bits per heavy atom. The van der Waals surface area contributed by atoms with Crippen molar-refractivity contribution in [3.63, 3.8) is 0 Å². The summed E-state index contributed by atoms with van der Waals surface area (Å²) in [5, 5.41) is 0. The van der Waals surface area contributed by atoms with Crippen LogP contribution in [0.3, 0.4) is 0 Å². The van der Waals surface area contributed by atoms with Gasteiger partial charge in [0.25, 0.3) is 0 Å². The van der Waals surface area contributed by atoms with Crippen LogP contribution in [0.25, 0.3) is 0 Å². The molecule has 2 nitrogen and oxygen atoms in total. The predicted octanol–water partition coefficient (Wildman–Crippen LogP) is 4.53. The highest BCUT2D eigenvalue weighted by atomic mass is 79.9. The molecule has 0 bridgehead atoms. The summed E-state index contributed by atoms with van der Waals surface area (Å²) in [6.45, 7) is 0.835. The van der Waals surface area contributed by atoms with Gasteiger partial charge in [0.05, 0.1) is 0 Å². The highest BCUT2D eigenvalue weighted by Crippen LogP contribution is 2.20. The minimum absolute atomic E-state index is 0.186. The first-order valence-electron chi connectivity index (χ1n) is 7.45. The molecule has 0 saturated heterocycles. The molecule has 0 aliphatic heterocycles. The van der Waals surface area contributed by atoms with Crippen LogP contribution in [0.2, 0.25) is 0 Å². The Labute approximate surface area is 126 Å². The molecule has 1 rings (SSSR count). The molecule has 0 radical (unpaired) electrons. The largest absolute Gasteiger partial charge is 0.330 e. The summed E-state index contributed by atoms with van der Waals surface area (Å²) in [6.07, 6.45) is 10.1. The summed E-state index contributed by atoms with van der Waals surface area (Å²) in [7, 11) is 0. The summed E-state index contributed by atoms with van der Waals surface area (Å²) in [4.78, 5) is 0. The molecule has 1 aromatic carbocycles. The SMILES string of the molecule is NCCCCCCCCCC(N)c1ccc(Br)cc1. The van der Waals surface area contributed by atoms with Gasteiger partial charge in [0, 0.05) is 10.5 Å². The molecule has 0 spiro atoms. The molecule has 3 heteroatoms. The van der Waals surface area contributed by atoms with Crippen molar-refractivity contribution in [1.29, 1.82) is 0 Å². The second-order valence-electron chi connectivity index (χ2n) is 5.21. The van der Waals surface area contributed by atoms with Crippen molar-refractivity contribution in [3.8, 4) is 0 Å². The lowest BCUT2D eigenvalue weighted by Crippen LogP contribution is -2.09. The van der Waals surface area contributed by atoms with Crippen LogP contribution in [0.1, 0.15) is 63.0 Å². The zero-order valence-electron chi connectivity index (χ0n) is 11.8. The second-order valence-corrected chi connectivity index (χ2v) is 6.13. The first-order chi connectivity index (χ1) is 9.24. The number of hydrogen-bond donors (Lipinski definition) is 2. The van der Waals surface area contributed by atoms with Crippen LogP contribution in [-0.4, -0.2) is 6.54 Å². The van der Waals surface area contributed by atoms with Gasteiger partial charge in [0.2, 0.25) is 0 Å². The molecule has 108 valence electrons. The van der Waals surface area contributed by atoms with Gasteiger partial charge in [-0.2, -0.15) is 0 Å². The summed E-state index contributed by atoms with van der Waals surface area (Å²) in [5.74, 6) is 0. The van der Waals surface area contributed by atoms with E-state index < -0.39 is 0 Å². The second kappa shape index (κ2) is 10.4. The summed E-state index contributed by atoms with van der Waals surface area (Å²) in [6, 6.07) is 8.54. The third kappa shape index (κ3) is 7.71. The van der Waals surface area contributed by atoms with Crippen molar-refractivity contribution in [2.24, 2.45) is 11.5 Å². The molecule has 0 aliphatic carbocycles. The van der Waals surface area contributed by atoms with Gasteiger partial charge >= 0.3 is 0 Å². The van der Waals surface area contributed by atoms with E-state index >= 15 is 0 Å². The minimum atomic E-state index is 0.186. The fourth-order valence-corrected chi connectivity index (χ4v) is 2.53. The van der Waals surface area contributed by atoms with E-state index in [0.717, 1.165) is 17.4 Å². The maximum absolute atomic E-state index is 6.20. The molecule has 0 aromatic heterocycles. The van der Waals surface area contributed by atoms with E-state index in [9.17, 15) is 0 Å². The number of nitrogens with two attached hydrogens (primary N) is 2. The van der Waals surface area contributed by atoms with Crippen LogP contribution >= 0.6 is 15.9 Å². The number of hydrogen-bond acceptors (Lipinski definition) is 2. The first-order valence-corrected chi connectivity index (χ1v) is 8.24. The van der Waals surface area contributed by atoms with Crippen molar-refractivity contribution >= 4 is 15.9 Å². The van der Waals surface area contributed by atoms with Gasteiger partial charge in [-0.25, -0.2) is 0 Å². The molecule has 1 aromatic rings. The Morgan fingerprint density at radius 2 is 1.37 bits per heavy atom. The van der Waals surface area contributed by atoms with Gasteiger partial charge in [-0.15, -0.1) is 0 Å². The van der Waals surface area contributed by atoms with E-state index in [1.54, 1.807) is 0 Å². The van der Waals surface area contributed by atoms with Crippen molar-refractivity contribution < 1.29 is 0 Å². The number of rotatable bonds is 10. The minimum Gasteiger partial charge on any atom is -0.330 e. The van der Waals surface area contributed by atoms with Gasteiger partial charge in [-0.05, 0) is 37.1 Å². The van der Waals surface area contributed by atoms with Crippen LogP contribution in [0.15, 0.2) is 28.7 Å². The van der Waals surface area contributed by atoms with E-state index in [1.807, 2.05) is 0 Å². The predicted molar refractivity (Wildman–Crippen MR) is 87.1 cm³/mol. The number of halogens is 1. The van der Waals surface area contributed by atoms with Gasteiger partial charge in [0.15, 0.2) is 0 Å². The Balaban J connectivity index is 2.04. The molecule has 1 atom stereocenters. The van der Waals surface area contributed by atoms with E-state index in [1.165, 1.54) is 50.5 Å². The van der Waals surface area contributed by atoms with Crippen LogP contribution in [-0.2, 0) is 0 Å². The fraction of sp³-hybridized carbons (Fsp3) is 0.625. The molecule has 0 saturated carbocycles. The van der Waals surface area contributed by atoms with Gasteiger partial charge in [0.1, 0.15) is 0 Å². The average molecular weight is 327 g/mol. The lowest BCUT2D eigenvalue weighted by atomic mass is 10.0. The number of unbranched alkanes of at least 4 members (excludes halogenated alkanes) is 6. The zero-order valence-corrected chi connectivity index (χ0v) is 13.4. The summed E-state index contributed by atoms with van der Waals surface area (Å²) in [5.41, 5.74) is 12.9. The van der Waals surface area contributed by atoms with Gasteiger partial charge in [-0.1, -0.05) is 66.6 Å². The monoisotopic (exact) mass is 326 g/mol. The third-order valence-corrected chi connectivity index (χ3v) is 4.05. The van der Waals surface area contributed by atoms with E-state index in [0.29, 0.717) is 0 Å². The first kappa shape index (κ1) is 16.7. The van der Waals surface area contributed by atoms with Gasteiger partial charge < -0.3 is 11.5 Å². The maximum Gasteiger partial charge on any atom is 0.0294 e. The topological polar surface area (TPSA) is 52.0 Å². The maximum atomic E-state index is 6.20. The molecule has 0 amide bonds. The van der Waals surface area contributed by atoms with Gasteiger partial charge in [-0.3, -0.25) is 0 Å². The van der Waals surface area contributed by atoms with Crippen LogP contribution in [0.5, 0.6) is 0 Å². The van der Waals surface area contributed by atoms with E-state index in [-0.39, 0.29) is 6.04 Å². The smallest absolute Gasteiger partial charge is 0.0294 e. The Hall–Kier alpha value is -0.380. The summed E-state index contributed by atoms with van der Waals surface area (Å²) >= 11 is 3.44. The lowest BCUT2D eigenvalue weighted by Gasteiger charge is -2.12. The van der Waals surface area contributed by atoms with E-state index in [4.69, 9.17) is 11.5 Å². The molecule has 0 fully saturated rings. The Morgan fingerprint density at radius 1 is 0.842 bits per heavy atom. The normalized spacial score (nSPS) is 12.6. The van der Waals surface area contributed by atoms with Crippen molar-refractivity contribution in [2.45, 2.75) is 57.4 Å². The Kier molecular flexibility index (Phi) is 9.14. The number of benzene rings is 1. The van der Waals surface area contributed by atoms with Crippen molar-refractivity contribution in [1.82, 2.24) is 0 Å². The highest BCUT2D eigenvalue weighted by Gasteiger charge is 2.05. The zero-order chi connectivity index (χ0) is 13.9. The van der Waals surface area contributed by atoms with Crippen LogP contribution in [0.4, 0.5) is 0 Å². The molecule has 4 N–H and O–H groups in total. The van der Waals surface area contributed by atoms with Crippen molar-refractivity contribution in [2.75, 3.05) is 6.54 Å². The van der Waals surface area contributed by atoms with E-state index in [2.05, 4.69) is 40.2 Å². The van der Waals surface area contributed by atoms with Crippen molar-refractivity contribution in [3.05, 3.63) is 34.3 Å². The highest BCUT2D eigenvalue weighted by molar-refractivity contribution is 9.10. The fourth-order valence-electron chi connectivity index (χ4n) is 2.27. The van der Waals surface area contributed by atoms with Crippen LogP contribution in [0, 0.1) is 0 Å². The average Bonchev–Trinajstić information content (AvgIpc) is 2.42. The Bertz CT molecular complexity index is 324. The molecule has 1 unspecified atom stereocenters. The molecule has 0 aliphatic rings. The third-order valence-electron chi connectivity index (χ3n) is 3.52. The molecule has 19 heavy (non-hydrogen) atoms. The lowest BCUT2D eigenvalue weighted by molar-refractivity contribution is 0.538.